The Labute approximate surface area is 142 Å². The van der Waals surface area contributed by atoms with Gasteiger partial charge in [-0.25, -0.2) is 14.5 Å². The maximum absolute atomic E-state index is 12.7. The molecule has 128 valence electrons. The van der Waals surface area contributed by atoms with Gasteiger partial charge in [0, 0.05) is 19.6 Å². The fraction of sp³-hybridized carbons (Fsp3) is 0.500. The molecule has 1 aliphatic rings. The Morgan fingerprint density at radius 2 is 1.96 bits per heavy atom. The summed E-state index contributed by atoms with van der Waals surface area (Å²) in [4.78, 5) is 19.2. The lowest BCUT2D eigenvalue weighted by molar-refractivity contribution is -0.157. The van der Waals surface area contributed by atoms with Crippen LogP contribution in [0.2, 0.25) is 0 Å². The molecule has 2 aromatic rings. The van der Waals surface area contributed by atoms with Crippen molar-refractivity contribution in [2.75, 3.05) is 19.7 Å². The van der Waals surface area contributed by atoms with Crippen molar-refractivity contribution in [3.05, 3.63) is 48.0 Å². The summed E-state index contributed by atoms with van der Waals surface area (Å²) in [6.45, 7) is 6.60. The normalized spacial score (nSPS) is 17.6. The molecule has 1 fully saturated rings. The molecule has 0 N–H and O–H groups in total. The number of nitrogens with zero attached hydrogens (tertiary/aromatic N) is 4. The molecule has 3 rings (SSSR count). The van der Waals surface area contributed by atoms with E-state index in [1.165, 1.54) is 5.56 Å². The molecule has 0 amide bonds. The highest BCUT2D eigenvalue weighted by Gasteiger charge is 2.45. The first-order valence-electron chi connectivity index (χ1n) is 8.46. The number of hydrogen-bond acceptors (Lipinski definition) is 5. The van der Waals surface area contributed by atoms with E-state index in [1.807, 2.05) is 19.9 Å². The van der Waals surface area contributed by atoms with E-state index in [9.17, 15) is 4.79 Å². The van der Waals surface area contributed by atoms with Gasteiger partial charge in [-0.05, 0) is 32.3 Å². The number of esters is 1. The Morgan fingerprint density at radius 1 is 1.25 bits per heavy atom. The molecule has 0 atom stereocenters. The summed E-state index contributed by atoms with van der Waals surface area (Å²) in [5.74, 6) is 0.472. The van der Waals surface area contributed by atoms with Crippen LogP contribution in [0.5, 0.6) is 0 Å². The van der Waals surface area contributed by atoms with E-state index in [-0.39, 0.29) is 5.97 Å². The summed E-state index contributed by atoms with van der Waals surface area (Å²) < 4.78 is 7.06. The Hall–Kier alpha value is -2.21. The first kappa shape index (κ1) is 16.6. The van der Waals surface area contributed by atoms with E-state index in [2.05, 4.69) is 39.2 Å². The number of hydrogen-bond donors (Lipinski definition) is 0. The van der Waals surface area contributed by atoms with Crippen molar-refractivity contribution in [3.63, 3.8) is 0 Å². The summed E-state index contributed by atoms with van der Waals surface area (Å²) >= 11 is 0. The molecule has 0 saturated carbocycles. The molecule has 1 saturated heterocycles. The predicted molar refractivity (Wildman–Crippen MR) is 90.3 cm³/mol. The summed E-state index contributed by atoms with van der Waals surface area (Å²) in [6, 6.07) is 10.4. The van der Waals surface area contributed by atoms with Crippen LogP contribution in [0, 0.1) is 6.92 Å². The Balaban J connectivity index is 1.74. The average molecular weight is 328 g/mol. The third kappa shape index (κ3) is 3.33. The number of ether oxygens (including phenoxy) is 1. The first-order chi connectivity index (χ1) is 11.6. The molecule has 0 spiro atoms. The van der Waals surface area contributed by atoms with Crippen LogP contribution >= 0.6 is 0 Å². The minimum atomic E-state index is -0.732. The van der Waals surface area contributed by atoms with Crippen LogP contribution < -0.4 is 0 Å². The smallest absolute Gasteiger partial charge is 0.334 e. The Bertz CT molecular complexity index is 675. The molecule has 1 aromatic carbocycles. The second kappa shape index (κ2) is 7.13. The third-order valence-corrected chi connectivity index (χ3v) is 4.63. The molecule has 1 aromatic heterocycles. The number of aromatic nitrogens is 3. The molecule has 0 radical (unpaired) electrons. The maximum Gasteiger partial charge on any atom is 0.334 e. The number of carbonyl (C=O) groups excluding carboxylic acids is 1. The third-order valence-electron chi connectivity index (χ3n) is 4.63. The van der Waals surface area contributed by atoms with Crippen LogP contribution in [0.4, 0.5) is 0 Å². The van der Waals surface area contributed by atoms with Crippen LogP contribution in [0.1, 0.15) is 31.2 Å². The highest BCUT2D eigenvalue weighted by atomic mass is 16.5. The van der Waals surface area contributed by atoms with Gasteiger partial charge in [-0.1, -0.05) is 30.3 Å². The van der Waals surface area contributed by atoms with Gasteiger partial charge in [-0.15, -0.1) is 0 Å². The van der Waals surface area contributed by atoms with Crippen LogP contribution in [0.25, 0.3) is 0 Å². The highest BCUT2D eigenvalue weighted by molar-refractivity contribution is 5.79. The standard InChI is InChI=1S/C18H24N4O2/c1-3-24-17(23)18(22-14-19-15(2)20-22)9-11-21(12-10-18)13-16-7-5-4-6-8-16/h4-8,14H,3,9-13H2,1-2H3. The lowest BCUT2D eigenvalue weighted by Crippen LogP contribution is -2.51. The van der Waals surface area contributed by atoms with Crippen molar-refractivity contribution < 1.29 is 9.53 Å². The van der Waals surface area contributed by atoms with Crippen LogP contribution in [0.15, 0.2) is 36.7 Å². The van der Waals surface area contributed by atoms with Gasteiger partial charge in [0.25, 0.3) is 0 Å². The number of rotatable bonds is 5. The lowest BCUT2D eigenvalue weighted by atomic mass is 9.87. The topological polar surface area (TPSA) is 60.3 Å². The van der Waals surface area contributed by atoms with E-state index in [0.717, 1.165) is 19.6 Å². The minimum Gasteiger partial charge on any atom is -0.464 e. The molecule has 2 heterocycles. The van der Waals surface area contributed by atoms with E-state index in [0.29, 0.717) is 25.3 Å². The lowest BCUT2D eigenvalue weighted by Gasteiger charge is -2.39. The van der Waals surface area contributed by atoms with Crippen molar-refractivity contribution in [2.24, 2.45) is 0 Å². The quantitative estimate of drug-likeness (QED) is 0.787. The van der Waals surface area contributed by atoms with E-state index < -0.39 is 5.54 Å². The number of carbonyl (C=O) groups is 1. The van der Waals surface area contributed by atoms with Crippen LogP contribution in [-0.2, 0) is 21.6 Å². The van der Waals surface area contributed by atoms with Gasteiger partial charge in [0.1, 0.15) is 12.2 Å². The van der Waals surface area contributed by atoms with Gasteiger partial charge in [-0.3, -0.25) is 4.90 Å². The summed E-state index contributed by atoms with van der Waals surface area (Å²) in [7, 11) is 0. The summed E-state index contributed by atoms with van der Waals surface area (Å²) in [5, 5.41) is 4.41. The van der Waals surface area contributed by atoms with E-state index in [4.69, 9.17) is 4.74 Å². The molecule has 24 heavy (non-hydrogen) atoms. The number of likely N-dealkylation sites (tertiary alicyclic amines) is 1. The number of piperidine rings is 1. The molecule has 0 aliphatic carbocycles. The Morgan fingerprint density at radius 3 is 2.54 bits per heavy atom. The zero-order valence-electron chi connectivity index (χ0n) is 14.3. The van der Waals surface area contributed by atoms with Gasteiger partial charge >= 0.3 is 5.97 Å². The van der Waals surface area contributed by atoms with Gasteiger partial charge in [0.05, 0.1) is 6.61 Å². The minimum absolute atomic E-state index is 0.200. The zero-order chi connectivity index (χ0) is 17.0. The van der Waals surface area contributed by atoms with Gasteiger partial charge in [0.15, 0.2) is 5.54 Å². The molecule has 6 heteroatoms. The maximum atomic E-state index is 12.7. The molecular formula is C18H24N4O2. The zero-order valence-corrected chi connectivity index (χ0v) is 14.3. The molecule has 0 bridgehead atoms. The second-order valence-electron chi connectivity index (χ2n) is 6.25. The van der Waals surface area contributed by atoms with Crippen molar-refractivity contribution in [3.8, 4) is 0 Å². The fourth-order valence-electron chi connectivity index (χ4n) is 3.27. The fourth-order valence-corrected chi connectivity index (χ4v) is 3.27. The largest absolute Gasteiger partial charge is 0.464 e. The predicted octanol–water partition coefficient (Wildman–Crippen LogP) is 2.14. The SMILES string of the molecule is CCOC(=O)C1(n2cnc(C)n2)CCN(Cc2ccccc2)CC1. The average Bonchev–Trinajstić information content (AvgIpc) is 3.04. The van der Waals surface area contributed by atoms with Crippen molar-refractivity contribution in [1.29, 1.82) is 0 Å². The highest BCUT2D eigenvalue weighted by Crippen LogP contribution is 2.31. The molecule has 0 unspecified atom stereocenters. The molecular weight excluding hydrogens is 304 g/mol. The van der Waals surface area contributed by atoms with E-state index >= 15 is 0 Å². The summed E-state index contributed by atoms with van der Waals surface area (Å²) in [5.41, 5.74) is 0.558. The Kier molecular flexibility index (Phi) is 4.94. The monoisotopic (exact) mass is 328 g/mol. The van der Waals surface area contributed by atoms with Gasteiger partial charge in [0.2, 0.25) is 0 Å². The van der Waals surface area contributed by atoms with Gasteiger partial charge < -0.3 is 4.74 Å². The van der Waals surface area contributed by atoms with E-state index in [1.54, 1.807) is 11.0 Å². The van der Waals surface area contributed by atoms with Crippen molar-refractivity contribution >= 4 is 5.97 Å². The number of benzene rings is 1. The molecule has 6 nitrogen and oxygen atoms in total. The van der Waals surface area contributed by atoms with Crippen LogP contribution in [0.3, 0.4) is 0 Å². The van der Waals surface area contributed by atoms with Gasteiger partial charge in [-0.2, -0.15) is 5.10 Å². The first-order valence-corrected chi connectivity index (χ1v) is 8.46. The van der Waals surface area contributed by atoms with Crippen LogP contribution in [-0.4, -0.2) is 45.3 Å². The summed E-state index contributed by atoms with van der Waals surface area (Å²) in [6.07, 6.45) is 3.02. The number of aryl methyl sites for hydroxylation is 1. The molecule has 1 aliphatic heterocycles. The van der Waals surface area contributed by atoms with Crippen molar-refractivity contribution in [2.45, 2.75) is 38.8 Å². The second-order valence-corrected chi connectivity index (χ2v) is 6.25. The van der Waals surface area contributed by atoms with Crippen molar-refractivity contribution in [1.82, 2.24) is 19.7 Å².